The lowest BCUT2D eigenvalue weighted by atomic mass is 9.98. The van der Waals surface area contributed by atoms with E-state index in [1.165, 1.54) is 12.1 Å². The summed E-state index contributed by atoms with van der Waals surface area (Å²) in [6.45, 7) is 0.576. The molecule has 0 atom stereocenters. The van der Waals surface area contributed by atoms with Gasteiger partial charge in [-0.05, 0) is 51.7 Å². The summed E-state index contributed by atoms with van der Waals surface area (Å²) in [6, 6.07) is 10.6. The summed E-state index contributed by atoms with van der Waals surface area (Å²) in [5.41, 5.74) is 0.542. The van der Waals surface area contributed by atoms with E-state index in [-0.39, 0.29) is 12.2 Å². The molecule has 3 rings (SSSR count). The van der Waals surface area contributed by atoms with Crippen LogP contribution in [0.1, 0.15) is 12.0 Å². The molecule has 0 unspecified atom stereocenters. The van der Waals surface area contributed by atoms with Gasteiger partial charge >= 0.3 is 6.18 Å². The molecular weight excluding hydrogens is 385 g/mol. The molecule has 0 fully saturated rings. The van der Waals surface area contributed by atoms with E-state index in [4.69, 9.17) is 5.11 Å². The Hall–Kier alpha value is -1.86. The number of aliphatic hydroxyl groups excluding tert-OH is 1. The largest absolute Gasteiger partial charge is 0.417 e. The van der Waals surface area contributed by atoms with Crippen LogP contribution in [0.25, 0.3) is 22.0 Å². The van der Waals surface area contributed by atoms with Gasteiger partial charge in [0.1, 0.15) is 4.60 Å². The second-order valence-corrected chi connectivity index (χ2v) is 6.12. The minimum Gasteiger partial charge on any atom is -0.396 e. The highest BCUT2D eigenvalue weighted by atomic mass is 79.9. The number of benzene rings is 2. The Morgan fingerprint density at radius 3 is 2.58 bits per heavy atom. The van der Waals surface area contributed by atoms with Crippen LogP contribution in [0.2, 0.25) is 0 Å². The standard InChI is InChI=1S/C17H14BrF3N2O/c18-16-13-7-6-11(10-15(13)22-23(16)8-3-9-24)12-4-1-2-5-14(12)17(19,20)21/h1-2,4-7,10,24H,3,8-9H2. The summed E-state index contributed by atoms with van der Waals surface area (Å²) >= 11 is 3.45. The van der Waals surface area contributed by atoms with Crippen LogP contribution in [-0.2, 0) is 12.7 Å². The Kier molecular flexibility index (Phi) is 4.64. The van der Waals surface area contributed by atoms with Gasteiger partial charge in [-0.25, -0.2) is 0 Å². The summed E-state index contributed by atoms with van der Waals surface area (Å²) in [7, 11) is 0. The predicted octanol–water partition coefficient (Wildman–Crippen LogP) is 4.87. The first-order chi connectivity index (χ1) is 11.4. The number of aryl methyl sites for hydroxylation is 1. The van der Waals surface area contributed by atoms with Crippen LogP contribution in [0.15, 0.2) is 47.1 Å². The van der Waals surface area contributed by atoms with Crippen molar-refractivity contribution in [2.75, 3.05) is 6.61 Å². The van der Waals surface area contributed by atoms with Gasteiger partial charge in [-0.3, -0.25) is 4.68 Å². The maximum absolute atomic E-state index is 13.2. The zero-order valence-corrected chi connectivity index (χ0v) is 14.1. The average molecular weight is 399 g/mol. The van der Waals surface area contributed by atoms with Crippen LogP contribution in [0, 0.1) is 0 Å². The topological polar surface area (TPSA) is 38.0 Å². The van der Waals surface area contributed by atoms with Gasteiger partial charge in [0.05, 0.1) is 11.1 Å². The Bertz CT molecular complexity index is 874. The molecule has 2 aromatic carbocycles. The highest BCUT2D eigenvalue weighted by Gasteiger charge is 2.33. The van der Waals surface area contributed by atoms with Gasteiger partial charge in [0.2, 0.25) is 0 Å². The molecule has 7 heteroatoms. The lowest BCUT2D eigenvalue weighted by molar-refractivity contribution is -0.137. The third kappa shape index (κ3) is 3.18. The molecule has 3 aromatic rings. The van der Waals surface area contributed by atoms with Crippen molar-refractivity contribution in [3.63, 3.8) is 0 Å². The van der Waals surface area contributed by atoms with Crippen molar-refractivity contribution < 1.29 is 18.3 Å². The molecule has 24 heavy (non-hydrogen) atoms. The number of fused-ring (bicyclic) bond motifs is 1. The van der Waals surface area contributed by atoms with Crippen molar-refractivity contribution >= 4 is 26.8 Å². The molecule has 0 aliphatic rings. The van der Waals surface area contributed by atoms with E-state index >= 15 is 0 Å². The summed E-state index contributed by atoms with van der Waals surface area (Å²) in [5.74, 6) is 0. The highest BCUT2D eigenvalue weighted by Crippen LogP contribution is 2.38. The molecule has 0 amide bonds. The molecule has 3 nitrogen and oxygen atoms in total. The Labute approximate surface area is 144 Å². The lowest BCUT2D eigenvalue weighted by Gasteiger charge is -2.12. The van der Waals surface area contributed by atoms with Gasteiger partial charge in [0.25, 0.3) is 0 Å². The fraction of sp³-hybridized carbons (Fsp3) is 0.235. The van der Waals surface area contributed by atoms with Crippen LogP contribution in [0.3, 0.4) is 0 Å². The number of hydrogen-bond donors (Lipinski definition) is 1. The van der Waals surface area contributed by atoms with Crippen molar-refractivity contribution in [3.05, 3.63) is 52.6 Å². The van der Waals surface area contributed by atoms with Crippen molar-refractivity contribution in [2.24, 2.45) is 0 Å². The molecule has 1 heterocycles. The Morgan fingerprint density at radius 2 is 1.88 bits per heavy atom. The summed E-state index contributed by atoms with van der Waals surface area (Å²) in [5, 5.41) is 14.2. The number of aromatic nitrogens is 2. The fourth-order valence-electron chi connectivity index (χ4n) is 2.62. The van der Waals surface area contributed by atoms with Gasteiger partial charge < -0.3 is 5.11 Å². The Morgan fingerprint density at radius 1 is 1.12 bits per heavy atom. The average Bonchev–Trinajstić information content (AvgIpc) is 2.87. The highest BCUT2D eigenvalue weighted by molar-refractivity contribution is 9.10. The second kappa shape index (κ2) is 6.57. The normalized spacial score (nSPS) is 12.0. The smallest absolute Gasteiger partial charge is 0.396 e. The zero-order valence-electron chi connectivity index (χ0n) is 12.5. The molecule has 126 valence electrons. The number of rotatable bonds is 4. The molecule has 0 saturated heterocycles. The van der Waals surface area contributed by atoms with Crippen LogP contribution >= 0.6 is 15.9 Å². The van der Waals surface area contributed by atoms with Crippen LogP contribution in [0.5, 0.6) is 0 Å². The van der Waals surface area contributed by atoms with E-state index in [1.807, 2.05) is 0 Å². The van der Waals surface area contributed by atoms with Crippen molar-refractivity contribution in [3.8, 4) is 11.1 Å². The summed E-state index contributed by atoms with van der Waals surface area (Å²) in [6.07, 6.45) is -3.86. The van der Waals surface area contributed by atoms with E-state index in [2.05, 4.69) is 21.0 Å². The predicted molar refractivity (Wildman–Crippen MR) is 89.6 cm³/mol. The number of alkyl halides is 3. The maximum atomic E-state index is 13.2. The molecule has 0 aliphatic carbocycles. The van der Waals surface area contributed by atoms with E-state index in [1.54, 1.807) is 28.9 Å². The molecule has 1 N–H and O–H groups in total. The van der Waals surface area contributed by atoms with E-state index in [0.29, 0.717) is 24.0 Å². The van der Waals surface area contributed by atoms with E-state index < -0.39 is 11.7 Å². The minimum atomic E-state index is -4.41. The van der Waals surface area contributed by atoms with Gasteiger partial charge in [-0.2, -0.15) is 18.3 Å². The van der Waals surface area contributed by atoms with Gasteiger partial charge in [-0.1, -0.05) is 24.3 Å². The number of aliphatic hydroxyl groups is 1. The quantitative estimate of drug-likeness (QED) is 0.680. The van der Waals surface area contributed by atoms with Gasteiger partial charge in [0.15, 0.2) is 0 Å². The molecular formula is C17H14BrF3N2O. The molecule has 0 spiro atoms. The first-order valence-corrected chi connectivity index (χ1v) is 8.14. The monoisotopic (exact) mass is 398 g/mol. The molecule has 0 aliphatic heterocycles. The third-order valence-corrected chi connectivity index (χ3v) is 4.58. The number of halogens is 4. The van der Waals surface area contributed by atoms with Gasteiger partial charge in [-0.15, -0.1) is 0 Å². The molecule has 1 aromatic heterocycles. The molecule has 0 radical (unpaired) electrons. The number of hydrogen-bond acceptors (Lipinski definition) is 2. The van der Waals surface area contributed by atoms with Crippen LogP contribution < -0.4 is 0 Å². The SMILES string of the molecule is OCCCn1nc2cc(-c3ccccc3C(F)(F)F)ccc2c1Br. The third-order valence-electron chi connectivity index (χ3n) is 3.75. The van der Waals surface area contributed by atoms with Gasteiger partial charge in [0, 0.05) is 18.5 Å². The first-order valence-electron chi connectivity index (χ1n) is 7.35. The second-order valence-electron chi connectivity index (χ2n) is 5.37. The van der Waals surface area contributed by atoms with Crippen LogP contribution in [-0.4, -0.2) is 21.5 Å². The lowest BCUT2D eigenvalue weighted by Crippen LogP contribution is -2.06. The Balaban J connectivity index is 2.09. The maximum Gasteiger partial charge on any atom is 0.417 e. The summed E-state index contributed by atoms with van der Waals surface area (Å²) < 4.78 is 42.1. The van der Waals surface area contributed by atoms with Crippen molar-refractivity contribution in [1.29, 1.82) is 0 Å². The van der Waals surface area contributed by atoms with Crippen molar-refractivity contribution in [1.82, 2.24) is 9.78 Å². The van der Waals surface area contributed by atoms with E-state index in [9.17, 15) is 13.2 Å². The number of nitrogens with zero attached hydrogens (tertiary/aromatic N) is 2. The minimum absolute atomic E-state index is 0.0485. The fourth-order valence-corrected chi connectivity index (χ4v) is 3.21. The first kappa shape index (κ1) is 17.0. The zero-order chi connectivity index (χ0) is 17.3. The van der Waals surface area contributed by atoms with E-state index in [0.717, 1.165) is 16.1 Å². The van der Waals surface area contributed by atoms with Crippen molar-refractivity contribution in [2.45, 2.75) is 19.1 Å². The molecule has 0 saturated carbocycles. The molecule has 0 bridgehead atoms. The van der Waals surface area contributed by atoms with Crippen LogP contribution in [0.4, 0.5) is 13.2 Å². The summed E-state index contributed by atoms with van der Waals surface area (Å²) in [4.78, 5) is 0.